The molecule has 0 amide bonds. The number of hydrogen-bond donors (Lipinski definition) is 1. The van der Waals surface area contributed by atoms with E-state index >= 15 is 0 Å². The number of nitrogens with zero attached hydrogens (tertiary/aromatic N) is 1. The number of rotatable bonds is 10. The van der Waals surface area contributed by atoms with E-state index < -0.39 is 0 Å². The van der Waals surface area contributed by atoms with Crippen LogP contribution < -0.4 is 14.8 Å². The first-order valence-corrected chi connectivity index (χ1v) is 11.2. The molecule has 1 fully saturated rings. The van der Waals surface area contributed by atoms with Crippen LogP contribution in [-0.4, -0.2) is 51.4 Å². The molecule has 0 bridgehead atoms. The second kappa shape index (κ2) is 11.9. The summed E-state index contributed by atoms with van der Waals surface area (Å²) in [4.78, 5) is 2.42. The maximum Gasteiger partial charge on any atom is 0.167 e. The third kappa shape index (κ3) is 6.56. The number of halogens is 3. The average molecular weight is 502 g/mol. The van der Waals surface area contributed by atoms with Crippen molar-refractivity contribution in [2.45, 2.75) is 19.6 Å². The van der Waals surface area contributed by atoms with Gasteiger partial charge in [0.2, 0.25) is 0 Å². The molecule has 164 valence electrons. The highest BCUT2D eigenvalue weighted by Gasteiger charge is 2.16. The molecule has 0 atom stereocenters. The van der Waals surface area contributed by atoms with Gasteiger partial charge in [0.25, 0.3) is 0 Å². The summed E-state index contributed by atoms with van der Waals surface area (Å²) in [5.74, 6) is 0.917. The van der Waals surface area contributed by atoms with Gasteiger partial charge >= 0.3 is 0 Å². The first-order chi connectivity index (χ1) is 14.6. The van der Waals surface area contributed by atoms with Crippen molar-refractivity contribution in [2.75, 3.05) is 46.5 Å². The van der Waals surface area contributed by atoms with Gasteiger partial charge in [-0.2, -0.15) is 0 Å². The highest BCUT2D eigenvalue weighted by Crippen LogP contribution is 2.37. The summed E-state index contributed by atoms with van der Waals surface area (Å²) in [7, 11) is 1.61. The molecule has 2 aromatic carbocycles. The summed E-state index contributed by atoms with van der Waals surface area (Å²) in [6, 6.07) is 8.09. The number of ether oxygens (including phenoxy) is 3. The summed E-state index contributed by atoms with van der Waals surface area (Å²) in [5, 5.41) is 3.83. The van der Waals surface area contributed by atoms with Crippen molar-refractivity contribution < 1.29 is 18.6 Å². The highest BCUT2D eigenvalue weighted by atomic mass is 79.9. The number of benzene rings is 2. The lowest BCUT2D eigenvalue weighted by Crippen LogP contribution is -2.37. The quantitative estimate of drug-likeness (QED) is 0.481. The predicted molar refractivity (Wildman–Crippen MR) is 120 cm³/mol. The number of nitrogens with one attached hydrogen (secondary N) is 1. The molecule has 0 aromatic heterocycles. The van der Waals surface area contributed by atoms with Crippen molar-refractivity contribution in [3.63, 3.8) is 0 Å². The topological polar surface area (TPSA) is 43.0 Å². The van der Waals surface area contributed by atoms with E-state index in [1.165, 1.54) is 12.1 Å². The van der Waals surface area contributed by atoms with Crippen LogP contribution in [-0.2, 0) is 17.9 Å². The fraction of sp³-hybridized carbons (Fsp3) is 0.455. The Morgan fingerprint density at radius 1 is 1.23 bits per heavy atom. The Balaban J connectivity index is 1.60. The van der Waals surface area contributed by atoms with Gasteiger partial charge in [0.1, 0.15) is 12.4 Å². The van der Waals surface area contributed by atoms with E-state index in [2.05, 4.69) is 26.1 Å². The molecule has 8 heteroatoms. The Hall–Kier alpha value is -1.38. The Labute approximate surface area is 190 Å². The zero-order chi connectivity index (χ0) is 21.3. The van der Waals surface area contributed by atoms with E-state index in [-0.39, 0.29) is 12.4 Å². The molecule has 30 heavy (non-hydrogen) atoms. The molecule has 0 saturated carbocycles. The second-order valence-electron chi connectivity index (χ2n) is 7.07. The maximum absolute atomic E-state index is 13.3. The van der Waals surface area contributed by atoms with Crippen LogP contribution in [0, 0.1) is 5.82 Å². The van der Waals surface area contributed by atoms with Gasteiger partial charge in [0.05, 0.1) is 25.3 Å². The van der Waals surface area contributed by atoms with Crippen LogP contribution in [0.4, 0.5) is 4.39 Å². The Bertz CT molecular complexity index is 834. The molecule has 3 rings (SSSR count). The lowest BCUT2D eigenvalue weighted by atomic mass is 10.1. The molecule has 1 saturated heterocycles. The number of hydrogen-bond acceptors (Lipinski definition) is 5. The SMILES string of the molecule is COc1ccc(Br)c(CNCCCN2CCOCC2)c1OCc1ccc(F)cc1Cl. The van der Waals surface area contributed by atoms with E-state index in [9.17, 15) is 4.39 Å². The van der Waals surface area contributed by atoms with Crippen LogP contribution in [0.1, 0.15) is 17.5 Å². The minimum atomic E-state index is -0.370. The summed E-state index contributed by atoms with van der Waals surface area (Å²) in [6.45, 7) is 6.46. The van der Waals surface area contributed by atoms with Crippen LogP contribution in [0.2, 0.25) is 5.02 Å². The summed E-state index contributed by atoms with van der Waals surface area (Å²) >= 11 is 9.76. The molecule has 0 spiro atoms. The van der Waals surface area contributed by atoms with Gasteiger partial charge in [-0.1, -0.05) is 33.6 Å². The van der Waals surface area contributed by atoms with Crippen LogP contribution in [0.5, 0.6) is 11.5 Å². The van der Waals surface area contributed by atoms with Crippen LogP contribution in [0.15, 0.2) is 34.8 Å². The molecule has 0 aliphatic carbocycles. The van der Waals surface area contributed by atoms with Crippen LogP contribution in [0.3, 0.4) is 0 Å². The first-order valence-electron chi connectivity index (χ1n) is 10.0. The van der Waals surface area contributed by atoms with Gasteiger partial charge in [-0.15, -0.1) is 0 Å². The van der Waals surface area contributed by atoms with E-state index in [1.807, 2.05) is 12.1 Å². The maximum atomic E-state index is 13.3. The minimum Gasteiger partial charge on any atom is -0.493 e. The van der Waals surface area contributed by atoms with Gasteiger partial charge in [-0.05, 0) is 43.8 Å². The minimum absolute atomic E-state index is 0.218. The zero-order valence-electron chi connectivity index (χ0n) is 17.1. The molecular weight excluding hydrogens is 475 g/mol. The van der Waals surface area contributed by atoms with Crippen LogP contribution >= 0.6 is 27.5 Å². The van der Waals surface area contributed by atoms with Crippen LogP contribution in [0.25, 0.3) is 0 Å². The second-order valence-corrected chi connectivity index (χ2v) is 8.33. The van der Waals surface area contributed by atoms with Crippen molar-refractivity contribution >= 4 is 27.5 Å². The lowest BCUT2D eigenvalue weighted by Gasteiger charge is -2.26. The summed E-state index contributed by atoms with van der Waals surface area (Å²) < 4.78 is 31.2. The largest absolute Gasteiger partial charge is 0.493 e. The van der Waals surface area contributed by atoms with Gasteiger partial charge in [0, 0.05) is 35.2 Å². The van der Waals surface area contributed by atoms with Gasteiger partial charge < -0.3 is 19.5 Å². The van der Waals surface area contributed by atoms with Crippen molar-refractivity contribution in [1.82, 2.24) is 10.2 Å². The smallest absolute Gasteiger partial charge is 0.167 e. The standard InChI is InChI=1S/C22H27BrClFN2O3/c1-28-21-6-5-19(23)18(14-26-7-2-8-27-9-11-29-12-10-27)22(21)30-15-16-3-4-17(25)13-20(16)24/h3-6,13,26H,2,7-12,14-15H2,1H3. The van der Waals surface area contributed by atoms with Gasteiger partial charge in [0.15, 0.2) is 11.5 Å². The molecule has 0 unspecified atom stereocenters. The van der Waals surface area contributed by atoms with Gasteiger partial charge in [-0.3, -0.25) is 4.90 Å². The Kier molecular flexibility index (Phi) is 9.21. The number of morpholine rings is 1. The molecule has 1 aliphatic heterocycles. The normalized spacial score (nSPS) is 14.7. The van der Waals surface area contributed by atoms with Crippen molar-refractivity contribution in [1.29, 1.82) is 0 Å². The summed E-state index contributed by atoms with van der Waals surface area (Å²) in [5.41, 5.74) is 1.68. The third-order valence-electron chi connectivity index (χ3n) is 5.01. The lowest BCUT2D eigenvalue weighted by molar-refractivity contribution is 0.0374. The molecule has 5 nitrogen and oxygen atoms in total. The zero-order valence-corrected chi connectivity index (χ0v) is 19.4. The molecule has 1 N–H and O–H groups in total. The monoisotopic (exact) mass is 500 g/mol. The average Bonchev–Trinajstić information content (AvgIpc) is 2.75. The fourth-order valence-corrected chi connectivity index (χ4v) is 3.99. The number of methoxy groups -OCH3 is 1. The third-order valence-corrected chi connectivity index (χ3v) is 6.10. The van der Waals surface area contributed by atoms with Crippen molar-refractivity contribution in [2.24, 2.45) is 0 Å². The molecular formula is C22H27BrClFN2O3. The van der Waals surface area contributed by atoms with E-state index in [0.29, 0.717) is 28.6 Å². The molecule has 2 aromatic rings. The molecule has 1 heterocycles. The highest BCUT2D eigenvalue weighted by molar-refractivity contribution is 9.10. The van der Waals surface area contributed by atoms with E-state index in [1.54, 1.807) is 13.2 Å². The Morgan fingerprint density at radius 3 is 2.77 bits per heavy atom. The predicted octanol–water partition coefficient (Wildman–Crippen LogP) is 4.64. The molecule has 1 aliphatic rings. The summed E-state index contributed by atoms with van der Waals surface area (Å²) in [6.07, 6.45) is 1.06. The van der Waals surface area contributed by atoms with E-state index in [0.717, 1.165) is 55.8 Å². The van der Waals surface area contributed by atoms with Gasteiger partial charge in [-0.25, -0.2) is 4.39 Å². The molecule has 0 radical (unpaired) electrons. The Morgan fingerprint density at radius 2 is 2.03 bits per heavy atom. The van der Waals surface area contributed by atoms with Crippen molar-refractivity contribution in [3.05, 3.63) is 56.8 Å². The van der Waals surface area contributed by atoms with Crippen molar-refractivity contribution in [3.8, 4) is 11.5 Å². The fourth-order valence-electron chi connectivity index (χ4n) is 3.32. The van der Waals surface area contributed by atoms with E-state index in [4.69, 9.17) is 25.8 Å². The first kappa shape index (κ1) is 23.3.